The third kappa shape index (κ3) is 5.44. The summed E-state index contributed by atoms with van der Waals surface area (Å²) in [6, 6.07) is 8.16. The minimum Gasteiger partial charge on any atom is -0.324 e. The normalized spacial score (nSPS) is 10.8. The van der Waals surface area contributed by atoms with Crippen LogP contribution in [-0.4, -0.2) is 26.4 Å². The number of nitrogens with one attached hydrogen (secondary N) is 1. The Bertz CT molecular complexity index is 1120. The van der Waals surface area contributed by atoms with E-state index in [4.69, 9.17) is 58.0 Å². The summed E-state index contributed by atoms with van der Waals surface area (Å²) < 4.78 is 1.83. The summed E-state index contributed by atoms with van der Waals surface area (Å²) in [6.45, 7) is 4.22. The van der Waals surface area contributed by atoms with Crippen LogP contribution in [0.2, 0.25) is 25.1 Å². The fourth-order valence-corrected chi connectivity index (χ4v) is 4.11. The molecule has 0 aliphatic rings. The van der Waals surface area contributed by atoms with Crippen LogP contribution < -0.4 is 5.32 Å². The molecule has 0 saturated carbocycles. The number of thioether (sulfide) groups is 1. The van der Waals surface area contributed by atoms with Gasteiger partial charge in [0.15, 0.2) is 11.0 Å². The maximum Gasteiger partial charge on any atom is 0.234 e. The fourth-order valence-electron chi connectivity index (χ4n) is 2.47. The molecular formula is C19H13Cl5N4OS. The van der Waals surface area contributed by atoms with E-state index in [0.717, 1.165) is 5.56 Å². The molecule has 0 aliphatic carbocycles. The Morgan fingerprint density at radius 3 is 2.40 bits per heavy atom. The van der Waals surface area contributed by atoms with Crippen molar-refractivity contribution in [1.29, 1.82) is 0 Å². The second-order valence-corrected chi connectivity index (χ2v) is 8.90. The van der Waals surface area contributed by atoms with Crippen LogP contribution in [0.4, 0.5) is 5.69 Å². The van der Waals surface area contributed by atoms with Gasteiger partial charge in [-0.15, -0.1) is 16.8 Å². The first-order chi connectivity index (χ1) is 14.3. The lowest BCUT2D eigenvalue weighted by atomic mass is 10.2. The molecule has 3 rings (SSSR count). The molecule has 0 aliphatic heterocycles. The van der Waals surface area contributed by atoms with Crippen molar-refractivity contribution in [2.75, 3.05) is 11.1 Å². The zero-order chi connectivity index (χ0) is 21.8. The Hall–Kier alpha value is -1.41. The van der Waals surface area contributed by atoms with Crippen molar-refractivity contribution in [3.63, 3.8) is 0 Å². The van der Waals surface area contributed by atoms with Crippen molar-refractivity contribution in [2.45, 2.75) is 11.7 Å². The van der Waals surface area contributed by atoms with Crippen LogP contribution in [0.1, 0.15) is 0 Å². The monoisotopic (exact) mass is 520 g/mol. The lowest BCUT2D eigenvalue weighted by molar-refractivity contribution is -0.113. The third-order valence-electron chi connectivity index (χ3n) is 3.82. The van der Waals surface area contributed by atoms with E-state index in [-0.39, 0.29) is 11.7 Å². The number of amides is 1. The number of carbonyl (C=O) groups excluding carboxylic acids is 1. The van der Waals surface area contributed by atoms with Gasteiger partial charge in [0.2, 0.25) is 5.91 Å². The van der Waals surface area contributed by atoms with Gasteiger partial charge in [-0.25, -0.2) is 0 Å². The summed E-state index contributed by atoms with van der Waals surface area (Å²) in [5.41, 5.74) is 1.12. The van der Waals surface area contributed by atoms with Gasteiger partial charge in [-0.1, -0.05) is 75.8 Å². The second kappa shape index (κ2) is 10.3. The van der Waals surface area contributed by atoms with Gasteiger partial charge < -0.3 is 5.32 Å². The van der Waals surface area contributed by atoms with E-state index in [1.807, 2.05) is 4.57 Å². The van der Waals surface area contributed by atoms with Gasteiger partial charge in [0, 0.05) is 12.1 Å². The summed E-state index contributed by atoms with van der Waals surface area (Å²) in [6.07, 6.45) is 1.71. The molecule has 0 atom stereocenters. The van der Waals surface area contributed by atoms with Crippen LogP contribution in [0.5, 0.6) is 0 Å². The quantitative estimate of drug-likeness (QED) is 0.204. The van der Waals surface area contributed by atoms with Crippen LogP contribution in [-0.2, 0) is 11.3 Å². The average Bonchev–Trinajstić information content (AvgIpc) is 3.09. The first-order valence-electron chi connectivity index (χ1n) is 8.37. The minimum atomic E-state index is -0.287. The standard InChI is InChI=1S/C19H13Cl5N4OS/c1-2-5-28-18(10-3-4-11(20)12(21)6-10)26-27-19(28)30-9-17(29)25-16-8-14(23)13(22)7-15(16)24/h2-4,6-8H,1,5,9H2,(H,25,29). The summed E-state index contributed by atoms with van der Waals surface area (Å²) in [7, 11) is 0. The zero-order valence-corrected chi connectivity index (χ0v) is 19.7. The molecule has 0 unspecified atom stereocenters. The molecule has 1 aromatic heterocycles. The smallest absolute Gasteiger partial charge is 0.234 e. The highest BCUT2D eigenvalue weighted by Crippen LogP contribution is 2.33. The average molecular weight is 523 g/mol. The fraction of sp³-hybridized carbons (Fsp3) is 0.105. The van der Waals surface area contributed by atoms with E-state index in [9.17, 15) is 4.79 Å². The van der Waals surface area contributed by atoms with Gasteiger partial charge in [-0.2, -0.15) is 0 Å². The van der Waals surface area contributed by atoms with E-state index in [1.54, 1.807) is 24.3 Å². The topological polar surface area (TPSA) is 59.8 Å². The van der Waals surface area contributed by atoms with E-state index in [0.29, 0.717) is 48.3 Å². The van der Waals surface area contributed by atoms with Crippen molar-refractivity contribution in [3.05, 3.63) is 68.1 Å². The van der Waals surface area contributed by atoms with Crippen molar-refractivity contribution in [1.82, 2.24) is 14.8 Å². The summed E-state index contributed by atoms with van der Waals surface area (Å²) >= 11 is 31.3. The molecule has 0 fully saturated rings. The molecule has 1 heterocycles. The summed E-state index contributed by atoms with van der Waals surface area (Å²) in [5, 5.41) is 13.4. The van der Waals surface area contributed by atoms with Gasteiger partial charge in [-0.3, -0.25) is 9.36 Å². The van der Waals surface area contributed by atoms with Gasteiger partial charge in [0.1, 0.15) is 0 Å². The first-order valence-corrected chi connectivity index (χ1v) is 11.2. The summed E-state index contributed by atoms with van der Waals surface area (Å²) in [5.74, 6) is 0.376. The molecule has 30 heavy (non-hydrogen) atoms. The van der Waals surface area contributed by atoms with E-state index in [2.05, 4.69) is 22.1 Å². The van der Waals surface area contributed by atoms with Crippen molar-refractivity contribution >= 4 is 81.4 Å². The van der Waals surface area contributed by atoms with Crippen molar-refractivity contribution in [3.8, 4) is 11.4 Å². The molecule has 0 radical (unpaired) electrons. The molecular weight excluding hydrogens is 510 g/mol. The molecule has 1 N–H and O–H groups in total. The van der Waals surface area contributed by atoms with E-state index in [1.165, 1.54) is 23.9 Å². The number of carbonyl (C=O) groups is 1. The van der Waals surface area contributed by atoms with Crippen LogP contribution in [0.15, 0.2) is 48.1 Å². The highest BCUT2D eigenvalue weighted by atomic mass is 35.5. The number of halogens is 5. The molecule has 11 heteroatoms. The predicted octanol–water partition coefficient (Wildman–Crippen LogP) is 7.13. The maximum absolute atomic E-state index is 12.4. The van der Waals surface area contributed by atoms with Crippen LogP contribution in [0, 0.1) is 0 Å². The molecule has 2 aromatic carbocycles. The number of anilines is 1. The van der Waals surface area contributed by atoms with Crippen LogP contribution >= 0.6 is 69.8 Å². The van der Waals surface area contributed by atoms with Crippen LogP contribution in [0.3, 0.4) is 0 Å². The highest BCUT2D eigenvalue weighted by molar-refractivity contribution is 7.99. The lowest BCUT2D eigenvalue weighted by Gasteiger charge is -2.10. The van der Waals surface area contributed by atoms with Gasteiger partial charge in [-0.05, 0) is 30.3 Å². The van der Waals surface area contributed by atoms with Crippen LogP contribution in [0.25, 0.3) is 11.4 Å². The maximum atomic E-state index is 12.4. The molecule has 0 spiro atoms. The highest BCUT2D eigenvalue weighted by Gasteiger charge is 2.16. The number of rotatable bonds is 7. The van der Waals surface area contributed by atoms with E-state index >= 15 is 0 Å². The zero-order valence-electron chi connectivity index (χ0n) is 15.1. The van der Waals surface area contributed by atoms with Crippen molar-refractivity contribution in [2.24, 2.45) is 0 Å². The molecule has 0 bridgehead atoms. The molecule has 156 valence electrons. The molecule has 0 saturated heterocycles. The summed E-state index contributed by atoms with van der Waals surface area (Å²) in [4.78, 5) is 12.4. The number of aromatic nitrogens is 3. The van der Waals surface area contributed by atoms with Crippen molar-refractivity contribution < 1.29 is 4.79 Å². The number of hydrogen-bond donors (Lipinski definition) is 1. The Labute approximate surface area is 202 Å². The lowest BCUT2D eigenvalue weighted by Crippen LogP contribution is -2.15. The predicted molar refractivity (Wildman–Crippen MR) is 127 cm³/mol. The number of hydrogen-bond acceptors (Lipinski definition) is 4. The molecule has 3 aromatic rings. The van der Waals surface area contributed by atoms with Gasteiger partial charge in [0.05, 0.1) is 36.6 Å². The Balaban J connectivity index is 1.76. The number of allylic oxidation sites excluding steroid dienone is 1. The SMILES string of the molecule is C=CCn1c(SCC(=O)Nc2cc(Cl)c(Cl)cc2Cl)nnc1-c1ccc(Cl)c(Cl)c1. The second-order valence-electron chi connectivity index (χ2n) is 5.92. The largest absolute Gasteiger partial charge is 0.324 e. The molecule has 1 amide bonds. The Kier molecular flexibility index (Phi) is 7.96. The Morgan fingerprint density at radius 2 is 1.70 bits per heavy atom. The van der Waals surface area contributed by atoms with Gasteiger partial charge in [0.25, 0.3) is 0 Å². The van der Waals surface area contributed by atoms with E-state index < -0.39 is 0 Å². The minimum absolute atomic E-state index is 0.0766. The number of nitrogens with zero attached hydrogens (tertiary/aromatic N) is 3. The third-order valence-corrected chi connectivity index (χ3v) is 6.56. The first kappa shape index (κ1) is 23.3. The molecule has 5 nitrogen and oxygen atoms in total. The van der Waals surface area contributed by atoms with Gasteiger partial charge >= 0.3 is 0 Å². The number of benzene rings is 2. The Morgan fingerprint density at radius 1 is 1.00 bits per heavy atom.